The lowest BCUT2D eigenvalue weighted by molar-refractivity contribution is -0.137. The fourth-order valence-electron chi connectivity index (χ4n) is 5.72. The van der Waals surface area contributed by atoms with Crippen molar-refractivity contribution in [3.8, 4) is 0 Å². The van der Waals surface area contributed by atoms with Crippen LogP contribution in [0.1, 0.15) is 53.5 Å². The number of guanidine groups is 1. The zero-order valence-electron chi connectivity index (χ0n) is 24.3. The second kappa shape index (κ2) is 11.2. The van der Waals surface area contributed by atoms with Gasteiger partial charge in [-0.15, -0.1) is 10.6 Å². The monoisotopic (exact) mass is 583 g/mol. The maximum atomic E-state index is 13.7. The van der Waals surface area contributed by atoms with Gasteiger partial charge in [-0.1, -0.05) is 24.3 Å². The highest BCUT2D eigenvalue weighted by molar-refractivity contribution is 5.85. The Bertz CT molecular complexity index is 1470. The van der Waals surface area contributed by atoms with Gasteiger partial charge in [-0.05, 0) is 79.3 Å². The first kappa shape index (κ1) is 28.5. The lowest BCUT2D eigenvalue weighted by Crippen LogP contribution is -2.45. The third kappa shape index (κ3) is 6.40. The number of para-hydroxylation sites is 1. The lowest BCUT2D eigenvalue weighted by Gasteiger charge is -2.31. The number of nitrogens with one attached hydrogen (secondary N) is 1. The zero-order chi connectivity index (χ0) is 29.6. The van der Waals surface area contributed by atoms with E-state index in [1.165, 1.54) is 31.7 Å². The molecule has 11 heteroatoms. The lowest BCUT2D eigenvalue weighted by atomic mass is 10.0. The van der Waals surface area contributed by atoms with Gasteiger partial charge in [0.1, 0.15) is 12.5 Å². The molecule has 0 unspecified atom stereocenters. The molecule has 1 aromatic heterocycles. The van der Waals surface area contributed by atoms with Gasteiger partial charge in [0.25, 0.3) is 0 Å². The second-order valence-electron chi connectivity index (χ2n) is 12.0. The predicted molar refractivity (Wildman–Crippen MR) is 156 cm³/mol. The average molecular weight is 584 g/mol. The summed E-state index contributed by atoms with van der Waals surface area (Å²) in [5.74, 6) is 2.79. The largest absolute Gasteiger partial charge is 0.416 e. The summed E-state index contributed by atoms with van der Waals surface area (Å²) in [4.78, 5) is 9.62. The first-order chi connectivity index (χ1) is 20.1. The molecule has 1 aliphatic heterocycles. The highest BCUT2D eigenvalue weighted by Gasteiger charge is 2.34. The molecular formula is C31H37F4N7. The van der Waals surface area contributed by atoms with Gasteiger partial charge in [-0.25, -0.2) is 14.5 Å². The van der Waals surface area contributed by atoms with Crippen molar-refractivity contribution in [1.82, 2.24) is 25.5 Å². The van der Waals surface area contributed by atoms with Gasteiger partial charge < -0.3 is 9.80 Å². The third-order valence-corrected chi connectivity index (χ3v) is 8.14. The molecule has 0 bridgehead atoms. The molecule has 224 valence electrons. The quantitative estimate of drug-likeness (QED) is 0.286. The van der Waals surface area contributed by atoms with Crippen molar-refractivity contribution in [1.29, 1.82) is 0 Å². The fourth-order valence-corrected chi connectivity index (χ4v) is 5.72. The summed E-state index contributed by atoms with van der Waals surface area (Å²) in [5, 5.41) is 8.90. The van der Waals surface area contributed by atoms with Crippen LogP contribution in [-0.2, 0) is 25.9 Å². The molecule has 6 rings (SSSR count). The summed E-state index contributed by atoms with van der Waals surface area (Å²) < 4.78 is 54.8. The molecule has 2 fully saturated rings. The summed E-state index contributed by atoms with van der Waals surface area (Å²) in [6.07, 6.45) is 0.318. The van der Waals surface area contributed by atoms with Gasteiger partial charge in [-0.2, -0.15) is 13.2 Å². The average Bonchev–Trinajstić information content (AvgIpc) is 3.88. The first-order valence-electron chi connectivity index (χ1n) is 14.5. The molecule has 3 aliphatic rings. The number of halogens is 4. The van der Waals surface area contributed by atoms with Crippen LogP contribution in [-0.4, -0.2) is 53.2 Å². The van der Waals surface area contributed by atoms with Crippen molar-refractivity contribution in [2.45, 2.75) is 58.5 Å². The number of fused-ring (bicyclic) bond motifs is 1. The Kier molecular flexibility index (Phi) is 7.63. The molecule has 0 atom stereocenters. The Hall–Kier alpha value is -3.60. The molecule has 3 aromatic rings. The highest BCUT2D eigenvalue weighted by atomic mass is 19.4. The van der Waals surface area contributed by atoms with E-state index in [2.05, 4.69) is 34.6 Å². The Morgan fingerprint density at radius 2 is 1.62 bits per heavy atom. The number of hydrogen-bond acceptors (Lipinski definition) is 7. The van der Waals surface area contributed by atoms with Crippen LogP contribution in [0.25, 0.3) is 10.9 Å². The van der Waals surface area contributed by atoms with E-state index in [1.807, 2.05) is 24.1 Å². The minimum Gasteiger partial charge on any atom is -0.356 e. The number of hydrogen-bond donors (Lipinski definition) is 1. The molecule has 2 aromatic carbocycles. The van der Waals surface area contributed by atoms with Crippen LogP contribution >= 0.6 is 0 Å². The highest BCUT2D eigenvalue weighted by Crippen LogP contribution is 2.38. The number of aromatic nitrogens is 1. The number of anilines is 1. The molecule has 2 saturated carbocycles. The van der Waals surface area contributed by atoms with Gasteiger partial charge in [0, 0.05) is 51.2 Å². The molecule has 0 saturated heterocycles. The smallest absolute Gasteiger partial charge is 0.356 e. The van der Waals surface area contributed by atoms with E-state index < -0.39 is 18.4 Å². The van der Waals surface area contributed by atoms with Crippen LogP contribution in [0.15, 0.2) is 47.6 Å². The molecule has 1 N–H and O–H groups in total. The van der Waals surface area contributed by atoms with Gasteiger partial charge in [0.2, 0.25) is 5.96 Å². The minimum absolute atomic E-state index is 0.000288. The number of pyridine rings is 1. The van der Waals surface area contributed by atoms with E-state index in [0.29, 0.717) is 29.9 Å². The van der Waals surface area contributed by atoms with Gasteiger partial charge in [0.05, 0.1) is 11.1 Å². The second-order valence-corrected chi connectivity index (χ2v) is 12.0. The first-order valence-corrected chi connectivity index (χ1v) is 14.5. The van der Waals surface area contributed by atoms with E-state index in [1.54, 1.807) is 17.2 Å². The van der Waals surface area contributed by atoms with E-state index >= 15 is 0 Å². The molecule has 7 nitrogen and oxygen atoms in total. The number of hydrazone groups is 1. The van der Waals surface area contributed by atoms with E-state index in [-0.39, 0.29) is 12.1 Å². The van der Waals surface area contributed by atoms with Crippen molar-refractivity contribution in [2.75, 3.05) is 32.1 Å². The van der Waals surface area contributed by atoms with Crippen LogP contribution in [0.2, 0.25) is 0 Å². The molecule has 2 heterocycles. The minimum atomic E-state index is -4.58. The summed E-state index contributed by atoms with van der Waals surface area (Å²) >= 11 is 0. The standard InChI is InChI=1S/C31H37F4N7/c1-20-5-4-6-25-14-26(29(36-28(20)25)41(16-21-7-8-21)17-22-9-10-22)19-42(30-37-40(3)38-39(30)2)18-24-11-23(15-32)12-27(13-24)31(33,34)35/h4-6,11-14,21-22,38H,7-10,15-19H2,1-3H3. The Balaban J connectivity index is 1.43. The molecule has 42 heavy (non-hydrogen) atoms. The van der Waals surface area contributed by atoms with E-state index in [4.69, 9.17) is 4.98 Å². The SMILES string of the molecule is Cc1cccc2cc(CN(Cc3cc(CF)cc(C(F)(F)F)c3)C3=NN(C)NN3C)c(N(CC3CC3)CC3CC3)nc12. The Labute approximate surface area is 243 Å². The molecule has 0 spiro atoms. The van der Waals surface area contributed by atoms with Gasteiger partial charge in [0.15, 0.2) is 0 Å². The summed E-state index contributed by atoms with van der Waals surface area (Å²) in [6, 6.07) is 11.8. The number of benzene rings is 2. The van der Waals surface area contributed by atoms with Crippen LogP contribution in [0.4, 0.5) is 23.4 Å². The Morgan fingerprint density at radius 1 is 0.929 bits per heavy atom. The maximum Gasteiger partial charge on any atom is 0.416 e. The number of hydrazine groups is 2. The van der Waals surface area contributed by atoms with Crippen LogP contribution < -0.4 is 10.4 Å². The molecular weight excluding hydrogens is 546 g/mol. The van der Waals surface area contributed by atoms with Gasteiger partial charge >= 0.3 is 6.18 Å². The van der Waals surface area contributed by atoms with Crippen molar-refractivity contribution in [2.24, 2.45) is 16.9 Å². The fraction of sp³-hybridized carbons (Fsp3) is 0.484. The normalized spacial score (nSPS) is 17.3. The summed E-state index contributed by atoms with van der Waals surface area (Å²) in [6.45, 7) is 3.46. The van der Waals surface area contributed by atoms with Crippen LogP contribution in [0.5, 0.6) is 0 Å². The van der Waals surface area contributed by atoms with Crippen LogP contribution in [0, 0.1) is 18.8 Å². The number of alkyl halides is 4. The predicted octanol–water partition coefficient (Wildman–Crippen LogP) is 6.23. The van der Waals surface area contributed by atoms with Crippen molar-refractivity contribution in [3.05, 3.63) is 70.3 Å². The number of nitrogens with zero attached hydrogens (tertiary/aromatic N) is 6. The maximum absolute atomic E-state index is 13.7. The van der Waals surface area contributed by atoms with E-state index in [0.717, 1.165) is 53.1 Å². The number of rotatable bonds is 10. The van der Waals surface area contributed by atoms with Crippen LogP contribution in [0.3, 0.4) is 0 Å². The molecule has 0 radical (unpaired) electrons. The number of aryl methyl sites for hydroxylation is 1. The molecule has 2 aliphatic carbocycles. The van der Waals surface area contributed by atoms with Crippen molar-refractivity contribution < 1.29 is 17.6 Å². The molecule has 0 amide bonds. The Morgan fingerprint density at radius 3 is 2.21 bits per heavy atom. The topological polar surface area (TPSA) is 50.2 Å². The summed E-state index contributed by atoms with van der Waals surface area (Å²) in [7, 11) is 3.57. The van der Waals surface area contributed by atoms with Crippen molar-refractivity contribution in [3.63, 3.8) is 0 Å². The summed E-state index contributed by atoms with van der Waals surface area (Å²) in [5.41, 5.74) is 5.63. The zero-order valence-corrected chi connectivity index (χ0v) is 24.3. The van der Waals surface area contributed by atoms with Gasteiger partial charge in [-0.3, -0.25) is 5.01 Å². The van der Waals surface area contributed by atoms with E-state index in [9.17, 15) is 17.6 Å². The third-order valence-electron chi connectivity index (χ3n) is 8.14. The van der Waals surface area contributed by atoms with Crippen molar-refractivity contribution >= 4 is 22.7 Å².